The number of rotatable bonds is 13. The van der Waals surface area contributed by atoms with Gasteiger partial charge in [-0.3, -0.25) is 37.7 Å². The Morgan fingerprint density at radius 3 is 1.62 bits per heavy atom. The minimum Gasteiger partial charge on any atom is -0.480 e. The van der Waals surface area contributed by atoms with E-state index in [1.807, 2.05) is 0 Å². The Morgan fingerprint density at radius 1 is 0.962 bits per heavy atom. The molecule has 1 amide bonds. The zero-order chi connectivity index (χ0) is 20.5. The molecule has 0 aromatic heterocycles. The second-order valence-corrected chi connectivity index (χ2v) is 7.51. The molecule has 0 aromatic carbocycles. The Bertz CT molecular complexity index is 508. The summed E-state index contributed by atoms with van der Waals surface area (Å²) in [5, 5.41) is 18.4. The molecule has 0 fully saturated rings. The number of carbonyl (C=O) groups is 2. The number of carboxylic acid groups (broad SMARTS) is 2. The molecule has 0 aromatic rings. The molecule has 0 aliphatic heterocycles. The number of nitrogens with zero attached hydrogens (tertiary/aromatic N) is 3. The van der Waals surface area contributed by atoms with E-state index >= 15 is 0 Å². The Balaban J connectivity index is 5.38. The summed E-state index contributed by atoms with van der Waals surface area (Å²) >= 11 is 0. The number of carboxylic acids is 1. The predicted molar refractivity (Wildman–Crippen MR) is 90.4 cm³/mol. The summed E-state index contributed by atoms with van der Waals surface area (Å²) in [7, 11) is -3.38. The first-order valence-corrected chi connectivity index (χ1v) is 9.71. The molecule has 0 aliphatic carbocycles. The molecule has 0 radical (unpaired) electrons. The van der Waals surface area contributed by atoms with Crippen LogP contribution in [0, 0.1) is 0 Å². The number of likely N-dealkylation sites (N-methyl/N-ethyl adjacent to an activating group) is 2. The van der Waals surface area contributed by atoms with Crippen LogP contribution in [0.3, 0.4) is 0 Å². The van der Waals surface area contributed by atoms with E-state index in [9.17, 15) is 23.8 Å². The lowest BCUT2D eigenvalue weighted by atomic mass is 9.98. The topological polar surface area (TPSA) is 177 Å². The normalized spacial score (nSPS) is 16.3. The van der Waals surface area contributed by atoms with Gasteiger partial charge < -0.3 is 20.0 Å². The van der Waals surface area contributed by atoms with Crippen LogP contribution in [0.4, 0.5) is 4.79 Å². The molecular formula is C11H25N3O10P2. The van der Waals surface area contributed by atoms with Gasteiger partial charge in [0.15, 0.2) is 0 Å². The molecule has 0 spiro atoms. The number of amides is 1. The Hall–Kier alpha value is -1.04. The van der Waals surface area contributed by atoms with Crippen molar-refractivity contribution >= 4 is 28.6 Å². The van der Waals surface area contributed by atoms with Crippen LogP contribution in [-0.4, -0.2) is 99.5 Å². The van der Waals surface area contributed by atoms with Crippen LogP contribution in [0.5, 0.6) is 0 Å². The van der Waals surface area contributed by atoms with E-state index in [2.05, 4.69) is 9.05 Å². The number of hydrogen-bond donors (Lipinski definition) is 4. The third-order valence-electron chi connectivity index (χ3n) is 3.21. The van der Waals surface area contributed by atoms with Crippen molar-refractivity contribution in [1.29, 1.82) is 0 Å². The van der Waals surface area contributed by atoms with E-state index in [1.165, 1.54) is 30.8 Å². The molecule has 0 heterocycles. The summed E-state index contributed by atoms with van der Waals surface area (Å²) in [5.41, 5.74) is -1.31. The zero-order valence-electron chi connectivity index (χ0n) is 14.6. The van der Waals surface area contributed by atoms with E-state index < -0.39 is 40.7 Å². The number of hydrogen-bond acceptors (Lipinski definition) is 8. The largest absolute Gasteiger partial charge is 0.480 e. The molecule has 2 atom stereocenters. The molecule has 2 unspecified atom stereocenters. The van der Waals surface area contributed by atoms with Crippen molar-refractivity contribution in [1.82, 2.24) is 14.7 Å². The quantitative estimate of drug-likeness (QED) is 0.219. The zero-order valence-corrected chi connectivity index (χ0v) is 16.6. The Kier molecular flexibility index (Phi) is 11.2. The Labute approximate surface area is 151 Å². The van der Waals surface area contributed by atoms with Gasteiger partial charge in [0.25, 0.3) is 0 Å². The van der Waals surface area contributed by atoms with Gasteiger partial charge in [-0.2, -0.15) is 0 Å². The molecule has 13 nitrogen and oxygen atoms in total. The van der Waals surface area contributed by atoms with Crippen molar-refractivity contribution < 1.29 is 47.8 Å². The van der Waals surface area contributed by atoms with Crippen LogP contribution >= 0.6 is 16.5 Å². The van der Waals surface area contributed by atoms with Gasteiger partial charge in [0.2, 0.25) is 0 Å². The standard InChI is InChI=1S/C11H25N3O10P2/c1-11(5-12(2)7-23-25(19)20,6-13(3)8-24-26(21)22)14(10(17)18)4-9(15)16/h25-26H,4-8H2,1-3H3,(H,15,16)(H,17,18)(H,19,20)(H,21,22). The van der Waals surface area contributed by atoms with Gasteiger partial charge in [-0.05, 0) is 21.0 Å². The van der Waals surface area contributed by atoms with Crippen LogP contribution in [0.2, 0.25) is 0 Å². The van der Waals surface area contributed by atoms with E-state index in [4.69, 9.17) is 14.9 Å². The van der Waals surface area contributed by atoms with Gasteiger partial charge in [0.1, 0.15) is 20.0 Å². The van der Waals surface area contributed by atoms with Gasteiger partial charge in [-0.1, -0.05) is 0 Å². The highest BCUT2D eigenvalue weighted by Crippen LogP contribution is 2.22. The lowest BCUT2D eigenvalue weighted by Crippen LogP contribution is -2.61. The van der Waals surface area contributed by atoms with Crippen molar-refractivity contribution in [3.05, 3.63) is 0 Å². The highest BCUT2D eigenvalue weighted by Gasteiger charge is 2.39. The molecule has 0 aliphatic rings. The first-order chi connectivity index (χ1) is 11.9. The molecule has 4 N–H and O–H groups in total. The Morgan fingerprint density at radius 2 is 1.35 bits per heavy atom. The fraction of sp³-hybridized carbons (Fsp3) is 0.818. The average Bonchev–Trinajstić information content (AvgIpc) is 2.47. The molecule has 154 valence electrons. The van der Waals surface area contributed by atoms with Gasteiger partial charge in [0.05, 0.1) is 5.54 Å². The van der Waals surface area contributed by atoms with E-state index in [-0.39, 0.29) is 26.6 Å². The number of aliphatic carboxylic acids is 1. The predicted octanol–water partition coefficient (Wildman–Crippen LogP) is -0.614. The first-order valence-electron chi connectivity index (χ1n) is 7.18. The maximum absolute atomic E-state index is 11.6. The average molecular weight is 421 g/mol. The summed E-state index contributed by atoms with van der Waals surface area (Å²) in [4.78, 5) is 43.6. The fourth-order valence-corrected chi connectivity index (χ4v) is 3.09. The van der Waals surface area contributed by atoms with E-state index in [0.717, 1.165) is 0 Å². The van der Waals surface area contributed by atoms with Crippen molar-refractivity contribution in [3.63, 3.8) is 0 Å². The summed E-state index contributed by atoms with van der Waals surface area (Å²) < 4.78 is 30.5. The van der Waals surface area contributed by atoms with Gasteiger partial charge >= 0.3 is 28.6 Å². The van der Waals surface area contributed by atoms with E-state index in [1.54, 1.807) is 0 Å². The van der Waals surface area contributed by atoms with Crippen LogP contribution in [-0.2, 0) is 23.0 Å². The smallest absolute Gasteiger partial charge is 0.408 e. The minimum absolute atomic E-state index is 0.0552. The van der Waals surface area contributed by atoms with Crippen molar-refractivity contribution in [2.24, 2.45) is 0 Å². The fourth-order valence-electron chi connectivity index (χ4n) is 2.43. The molecule has 0 saturated carbocycles. The summed E-state index contributed by atoms with van der Waals surface area (Å²) in [6.45, 7) is -0.00576. The van der Waals surface area contributed by atoms with Crippen molar-refractivity contribution in [2.45, 2.75) is 12.5 Å². The lowest BCUT2D eigenvalue weighted by Gasteiger charge is -2.43. The summed E-state index contributed by atoms with van der Waals surface area (Å²) in [6.07, 6.45) is -1.48. The summed E-state index contributed by atoms with van der Waals surface area (Å²) in [5.74, 6) is -1.36. The van der Waals surface area contributed by atoms with Gasteiger partial charge in [-0.25, -0.2) is 4.79 Å². The van der Waals surface area contributed by atoms with Gasteiger partial charge in [0, 0.05) is 13.1 Å². The summed E-state index contributed by atoms with van der Waals surface area (Å²) in [6, 6.07) is 0. The molecule has 0 rings (SSSR count). The third kappa shape index (κ3) is 10.2. The van der Waals surface area contributed by atoms with E-state index in [0.29, 0.717) is 4.90 Å². The SMILES string of the molecule is CN(CO[PH](=O)O)CC(C)(CN(C)CO[PH](=O)O)N(CC(=O)O)C(=O)O. The van der Waals surface area contributed by atoms with Crippen molar-refractivity contribution in [2.75, 3.05) is 47.2 Å². The lowest BCUT2D eigenvalue weighted by molar-refractivity contribution is -0.139. The second kappa shape index (κ2) is 11.6. The molecular weight excluding hydrogens is 396 g/mol. The maximum Gasteiger partial charge on any atom is 0.408 e. The van der Waals surface area contributed by atoms with Crippen LogP contribution in [0.25, 0.3) is 0 Å². The molecule has 0 bridgehead atoms. The van der Waals surface area contributed by atoms with Crippen LogP contribution in [0.15, 0.2) is 0 Å². The highest BCUT2D eigenvalue weighted by atomic mass is 31.1. The van der Waals surface area contributed by atoms with Crippen LogP contribution in [0.1, 0.15) is 6.92 Å². The second-order valence-electron chi connectivity index (χ2n) is 5.87. The molecule has 26 heavy (non-hydrogen) atoms. The van der Waals surface area contributed by atoms with Crippen LogP contribution < -0.4 is 0 Å². The highest BCUT2D eigenvalue weighted by molar-refractivity contribution is 7.32. The van der Waals surface area contributed by atoms with Crippen molar-refractivity contribution in [3.8, 4) is 0 Å². The van der Waals surface area contributed by atoms with Gasteiger partial charge in [-0.15, -0.1) is 0 Å². The molecule has 0 saturated heterocycles. The maximum atomic E-state index is 11.6. The minimum atomic E-state index is -3.19. The first kappa shape index (κ1) is 25.0. The molecule has 15 heteroatoms. The third-order valence-corrected chi connectivity index (χ3v) is 3.97. The monoisotopic (exact) mass is 421 g/mol.